The molecule has 2 aromatic carbocycles. The number of ketones is 1. The summed E-state index contributed by atoms with van der Waals surface area (Å²) in [7, 11) is 2.73. The number of methoxy groups -OCH3 is 2. The molecule has 2 aromatic rings. The molecule has 6 heteroatoms. The Morgan fingerprint density at radius 1 is 0.962 bits per heavy atom. The van der Waals surface area contributed by atoms with E-state index in [0.29, 0.717) is 16.9 Å². The fraction of sp³-hybridized carbons (Fsp3) is 0.250. The Morgan fingerprint density at radius 2 is 1.58 bits per heavy atom. The number of esters is 1. The predicted molar refractivity (Wildman–Crippen MR) is 96.0 cm³/mol. The van der Waals surface area contributed by atoms with Crippen molar-refractivity contribution >= 4 is 17.7 Å². The number of carbonyl (C=O) groups is 3. The normalized spacial score (nSPS) is 12.6. The molecule has 0 bridgehead atoms. The lowest BCUT2D eigenvalue weighted by atomic mass is 9.83. The Labute approximate surface area is 152 Å². The van der Waals surface area contributed by atoms with Gasteiger partial charge in [0.05, 0.1) is 14.2 Å². The average molecular weight is 355 g/mol. The van der Waals surface area contributed by atoms with Gasteiger partial charge in [0.15, 0.2) is 5.78 Å². The predicted octanol–water partition coefficient (Wildman–Crippen LogP) is 2.17. The molecule has 1 unspecified atom stereocenters. The smallest absolute Gasteiger partial charge is 0.340 e. The molecule has 136 valence electrons. The lowest BCUT2D eigenvalue weighted by Gasteiger charge is -2.30. The Balaban J connectivity index is 2.52. The number of hydrogen-bond acceptors (Lipinski definition) is 5. The van der Waals surface area contributed by atoms with Gasteiger partial charge in [-0.15, -0.1) is 0 Å². The zero-order valence-electron chi connectivity index (χ0n) is 14.9. The van der Waals surface area contributed by atoms with Crippen molar-refractivity contribution < 1.29 is 23.9 Å². The Kier molecular flexibility index (Phi) is 6.11. The molecule has 1 atom stereocenters. The summed E-state index contributed by atoms with van der Waals surface area (Å²) in [6, 6.07) is 15.2. The molecule has 0 aliphatic carbocycles. The molecule has 0 saturated carbocycles. The van der Waals surface area contributed by atoms with Gasteiger partial charge in [-0.25, -0.2) is 4.79 Å². The lowest BCUT2D eigenvalue weighted by molar-refractivity contribution is -0.148. The van der Waals surface area contributed by atoms with E-state index in [1.165, 1.54) is 14.0 Å². The molecule has 26 heavy (non-hydrogen) atoms. The molecule has 1 amide bonds. The molecule has 6 nitrogen and oxygen atoms in total. The Morgan fingerprint density at radius 3 is 2.08 bits per heavy atom. The summed E-state index contributed by atoms with van der Waals surface area (Å²) in [6.07, 6.45) is -0.0447. The molecule has 0 spiro atoms. The highest BCUT2D eigenvalue weighted by molar-refractivity contribution is 6.18. The van der Waals surface area contributed by atoms with Gasteiger partial charge >= 0.3 is 5.97 Å². The van der Waals surface area contributed by atoms with Crippen LogP contribution in [0.1, 0.15) is 22.8 Å². The Hall–Kier alpha value is -3.15. The van der Waals surface area contributed by atoms with E-state index in [2.05, 4.69) is 5.32 Å². The summed E-state index contributed by atoms with van der Waals surface area (Å²) in [6.45, 7) is 1.25. The van der Waals surface area contributed by atoms with Crippen LogP contribution in [0.5, 0.6) is 5.75 Å². The monoisotopic (exact) mass is 355 g/mol. The fourth-order valence-corrected chi connectivity index (χ4v) is 2.76. The highest BCUT2D eigenvalue weighted by Gasteiger charge is 2.48. The van der Waals surface area contributed by atoms with Gasteiger partial charge in [0.25, 0.3) is 0 Å². The molecule has 0 aliphatic rings. The topological polar surface area (TPSA) is 81.7 Å². The van der Waals surface area contributed by atoms with Crippen LogP contribution in [0, 0.1) is 0 Å². The first kappa shape index (κ1) is 19.2. The SMILES string of the molecule is COC(=O)C(Cc1ccc(OC)cc1)(NC(C)=O)C(=O)c1ccccc1. The number of nitrogens with one attached hydrogen (secondary N) is 1. The second kappa shape index (κ2) is 8.29. The van der Waals surface area contributed by atoms with Crippen molar-refractivity contribution in [2.45, 2.75) is 18.9 Å². The van der Waals surface area contributed by atoms with Gasteiger partial charge in [-0.1, -0.05) is 42.5 Å². The molecule has 0 saturated heterocycles. The zero-order valence-corrected chi connectivity index (χ0v) is 14.9. The maximum atomic E-state index is 13.2. The minimum atomic E-state index is -1.85. The molecule has 0 heterocycles. The van der Waals surface area contributed by atoms with E-state index in [9.17, 15) is 14.4 Å². The van der Waals surface area contributed by atoms with Crippen LogP contribution in [-0.2, 0) is 20.7 Å². The van der Waals surface area contributed by atoms with E-state index in [0.717, 1.165) is 0 Å². The highest BCUT2D eigenvalue weighted by atomic mass is 16.5. The van der Waals surface area contributed by atoms with Crippen molar-refractivity contribution in [3.05, 3.63) is 65.7 Å². The van der Waals surface area contributed by atoms with Gasteiger partial charge in [0.2, 0.25) is 11.4 Å². The Bertz CT molecular complexity index is 786. The number of ether oxygens (including phenoxy) is 2. The number of benzene rings is 2. The summed E-state index contributed by atoms with van der Waals surface area (Å²) in [4.78, 5) is 37.6. The number of hydrogen-bond donors (Lipinski definition) is 1. The van der Waals surface area contributed by atoms with Gasteiger partial charge in [0.1, 0.15) is 5.75 Å². The van der Waals surface area contributed by atoms with Crippen molar-refractivity contribution in [3.63, 3.8) is 0 Å². The highest BCUT2D eigenvalue weighted by Crippen LogP contribution is 2.23. The van der Waals surface area contributed by atoms with E-state index < -0.39 is 23.2 Å². The molecule has 0 radical (unpaired) electrons. The van der Waals surface area contributed by atoms with Crippen LogP contribution in [-0.4, -0.2) is 37.4 Å². The third-order valence-corrected chi connectivity index (χ3v) is 3.98. The first-order valence-electron chi connectivity index (χ1n) is 8.03. The third-order valence-electron chi connectivity index (χ3n) is 3.98. The van der Waals surface area contributed by atoms with Crippen LogP contribution in [0.4, 0.5) is 0 Å². The van der Waals surface area contributed by atoms with Crippen LogP contribution in [0.25, 0.3) is 0 Å². The summed E-state index contributed by atoms with van der Waals surface area (Å²) < 4.78 is 10.00. The van der Waals surface area contributed by atoms with Crippen LogP contribution >= 0.6 is 0 Å². The maximum Gasteiger partial charge on any atom is 0.340 e. The molecule has 0 fully saturated rings. The summed E-state index contributed by atoms with van der Waals surface area (Å²) in [5.74, 6) is -1.21. The van der Waals surface area contributed by atoms with Gasteiger partial charge in [0, 0.05) is 18.9 Å². The van der Waals surface area contributed by atoms with Crippen molar-refractivity contribution in [3.8, 4) is 5.75 Å². The molecular formula is C20H21NO5. The zero-order chi connectivity index (χ0) is 19.2. The van der Waals surface area contributed by atoms with Crippen LogP contribution in [0.15, 0.2) is 54.6 Å². The molecular weight excluding hydrogens is 334 g/mol. The number of Topliss-reactive ketones (excluding diaryl/α,β-unsaturated/α-hetero) is 1. The second-order valence-corrected chi connectivity index (χ2v) is 5.80. The molecule has 0 aromatic heterocycles. The molecule has 1 N–H and O–H groups in total. The third kappa shape index (κ3) is 4.08. The number of amides is 1. The van der Waals surface area contributed by atoms with Gasteiger partial charge < -0.3 is 14.8 Å². The number of rotatable bonds is 7. The molecule has 0 aliphatic heterocycles. The lowest BCUT2D eigenvalue weighted by Crippen LogP contribution is -2.61. The summed E-state index contributed by atoms with van der Waals surface area (Å²) >= 11 is 0. The quantitative estimate of drug-likeness (QED) is 0.468. The van der Waals surface area contributed by atoms with Crippen molar-refractivity contribution in [1.82, 2.24) is 5.32 Å². The van der Waals surface area contributed by atoms with Crippen LogP contribution in [0.3, 0.4) is 0 Å². The summed E-state index contributed by atoms with van der Waals surface area (Å²) in [5.41, 5.74) is -0.870. The minimum Gasteiger partial charge on any atom is -0.497 e. The first-order chi connectivity index (χ1) is 12.4. The minimum absolute atomic E-state index is 0.0447. The van der Waals surface area contributed by atoms with Gasteiger partial charge in [-0.2, -0.15) is 0 Å². The van der Waals surface area contributed by atoms with E-state index in [1.807, 2.05) is 0 Å². The van der Waals surface area contributed by atoms with Gasteiger partial charge in [-0.05, 0) is 17.7 Å². The largest absolute Gasteiger partial charge is 0.497 e. The maximum absolute atomic E-state index is 13.2. The van der Waals surface area contributed by atoms with Gasteiger partial charge in [-0.3, -0.25) is 9.59 Å². The number of carbonyl (C=O) groups excluding carboxylic acids is 3. The summed E-state index contributed by atoms with van der Waals surface area (Å²) in [5, 5.41) is 2.53. The van der Waals surface area contributed by atoms with E-state index in [1.54, 1.807) is 61.7 Å². The fourth-order valence-electron chi connectivity index (χ4n) is 2.76. The van der Waals surface area contributed by atoms with E-state index >= 15 is 0 Å². The average Bonchev–Trinajstić information content (AvgIpc) is 2.67. The van der Waals surface area contributed by atoms with Crippen molar-refractivity contribution in [2.24, 2.45) is 0 Å². The first-order valence-corrected chi connectivity index (χ1v) is 8.03. The second-order valence-electron chi connectivity index (χ2n) is 5.80. The van der Waals surface area contributed by atoms with E-state index in [4.69, 9.17) is 9.47 Å². The van der Waals surface area contributed by atoms with Crippen LogP contribution < -0.4 is 10.1 Å². The van der Waals surface area contributed by atoms with Crippen molar-refractivity contribution in [2.75, 3.05) is 14.2 Å². The van der Waals surface area contributed by atoms with E-state index in [-0.39, 0.29) is 6.42 Å². The standard InChI is InChI=1S/C20H21NO5/c1-14(22)21-20(19(24)26-3,18(23)16-7-5-4-6-8-16)13-15-9-11-17(25-2)12-10-15/h4-12H,13H2,1-3H3,(H,21,22). The van der Waals surface area contributed by atoms with Crippen LogP contribution in [0.2, 0.25) is 0 Å². The van der Waals surface area contributed by atoms with Crippen molar-refractivity contribution in [1.29, 1.82) is 0 Å². The molecule has 2 rings (SSSR count).